The molecule has 1 aromatic carbocycles. The molecule has 10 nitrogen and oxygen atoms in total. The van der Waals surface area contributed by atoms with Crippen molar-refractivity contribution < 1.29 is 40.1 Å². The van der Waals surface area contributed by atoms with E-state index in [0.29, 0.717) is 5.76 Å². The van der Waals surface area contributed by atoms with Crippen molar-refractivity contribution in [1.82, 2.24) is 9.88 Å². The summed E-state index contributed by atoms with van der Waals surface area (Å²) in [6.45, 7) is -0.0682. The molecule has 0 bridgehead atoms. The van der Waals surface area contributed by atoms with Crippen LogP contribution in [0.25, 0.3) is 10.9 Å². The number of rotatable bonds is 6. The van der Waals surface area contributed by atoms with Crippen LogP contribution < -0.4 is 10.5 Å². The maximum absolute atomic E-state index is 13.5. The van der Waals surface area contributed by atoms with Crippen LogP contribution in [-0.2, 0) is 22.9 Å². The zero-order chi connectivity index (χ0) is 23.7. The van der Waals surface area contributed by atoms with Crippen molar-refractivity contribution in [3.63, 3.8) is 0 Å². The Morgan fingerprint density at radius 2 is 2.06 bits per heavy atom. The molecule has 0 aliphatic carbocycles. The number of aromatic nitrogens is 1. The second-order valence-corrected chi connectivity index (χ2v) is 8.05. The summed E-state index contributed by atoms with van der Waals surface area (Å²) in [6.07, 6.45) is -3.30. The van der Waals surface area contributed by atoms with E-state index in [1.807, 2.05) is 0 Å². The first-order chi connectivity index (χ1) is 14.8. The van der Waals surface area contributed by atoms with Crippen LogP contribution in [0.3, 0.4) is 0 Å². The molecule has 0 saturated carbocycles. The number of aliphatic imine (C=N–C) groups is 1. The highest BCUT2D eigenvalue weighted by Gasteiger charge is 2.34. The monoisotopic (exact) mass is 474 g/mol. The SMILES string of the molecule is CN(CS(=O)(=O)O)C(N)=NC(=O)c1cc2c(C(F)(F)F)ccc(OCc3ccco3)c2[nH]1. The molecule has 14 heteroatoms. The summed E-state index contributed by atoms with van der Waals surface area (Å²) < 4.78 is 81.7. The van der Waals surface area contributed by atoms with Gasteiger partial charge in [-0.25, -0.2) is 0 Å². The maximum Gasteiger partial charge on any atom is 0.417 e. The van der Waals surface area contributed by atoms with E-state index in [9.17, 15) is 26.4 Å². The van der Waals surface area contributed by atoms with Crippen LogP contribution in [0.2, 0.25) is 0 Å². The van der Waals surface area contributed by atoms with E-state index in [-0.39, 0.29) is 29.0 Å². The third-order valence-corrected chi connectivity index (χ3v) is 4.92. The summed E-state index contributed by atoms with van der Waals surface area (Å²) in [5.41, 5.74) is 4.09. The first-order valence-electron chi connectivity index (χ1n) is 8.78. The van der Waals surface area contributed by atoms with Gasteiger partial charge >= 0.3 is 6.18 Å². The van der Waals surface area contributed by atoms with Crippen LogP contribution in [0.1, 0.15) is 21.8 Å². The number of carbonyl (C=O) groups is 1. The van der Waals surface area contributed by atoms with E-state index in [1.54, 1.807) is 12.1 Å². The first kappa shape index (κ1) is 23.1. The lowest BCUT2D eigenvalue weighted by Crippen LogP contribution is -2.38. The van der Waals surface area contributed by atoms with Gasteiger partial charge in [-0.15, -0.1) is 0 Å². The number of fused-ring (bicyclic) bond motifs is 1. The van der Waals surface area contributed by atoms with Gasteiger partial charge in [-0.05, 0) is 30.3 Å². The molecule has 0 radical (unpaired) electrons. The zero-order valence-electron chi connectivity index (χ0n) is 16.4. The maximum atomic E-state index is 13.5. The molecule has 2 heterocycles. The Morgan fingerprint density at radius 1 is 1.34 bits per heavy atom. The van der Waals surface area contributed by atoms with Crippen LogP contribution in [-0.4, -0.2) is 47.6 Å². The highest BCUT2D eigenvalue weighted by Crippen LogP contribution is 2.39. The fourth-order valence-corrected chi connectivity index (χ4v) is 3.40. The fourth-order valence-electron chi connectivity index (χ4n) is 2.78. The van der Waals surface area contributed by atoms with Crippen molar-refractivity contribution in [3.05, 3.63) is 53.6 Å². The summed E-state index contributed by atoms with van der Waals surface area (Å²) >= 11 is 0. The molecule has 172 valence electrons. The largest absolute Gasteiger partial charge is 0.483 e. The molecule has 0 atom stereocenters. The molecule has 0 aliphatic heterocycles. The van der Waals surface area contributed by atoms with Crippen molar-refractivity contribution in [3.8, 4) is 5.75 Å². The molecule has 4 N–H and O–H groups in total. The first-order valence-corrected chi connectivity index (χ1v) is 10.4. The third-order valence-electron chi connectivity index (χ3n) is 4.21. The number of nitrogens with zero attached hydrogens (tertiary/aromatic N) is 2. The van der Waals surface area contributed by atoms with Gasteiger partial charge in [-0.3, -0.25) is 9.35 Å². The Kier molecular flexibility index (Phi) is 6.18. The minimum atomic E-state index is -4.71. The van der Waals surface area contributed by atoms with Crippen LogP contribution >= 0.6 is 0 Å². The Balaban J connectivity index is 1.98. The number of H-pyrrole nitrogens is 1. The number of alkyl halides is 3. The number of furan rings is 1. The number of amides is 1. The second-order valence-electron chi connectivity index (χ2n) is 6.63. The molecule has 3 rings (SSSR count). The number of hydrogen-bond acceptors (Lipinski definition) is 5. The number of halogens is 3. The smallest absolute Gasteiger partial charge is 0.417 e. The predicted molar refractivity (Wildman–Crippen MR) is 106 cm³/mol. The minimum Gasteiger partial charge on any atom is -0.483 e. The van der Waals surface area contributed by atoms with E-state index in [4.69, 9.17) is 19.4 Å². The number of guanidine groups is 1. The molecule has 0 spiro atoms. The molecule has 0 fully saturated rings. The average molecular weight is 474 g/mol. The molecule has 0 aliphatic rings. The number of hydrogen-bond donors (Lipinski definition) is 3. The number of carbonyl (C=O) groups excluding carboxylic acids is 1. The Hall–Kier alpha value is -3.52. The predicted octanol–water partition coefficient (Wildman–Crippen LogP) is 2.59. The van der Waals surface area contributed by atoms with Crippen molar-refractivity contribution >= 4 is 32.9 Å². The number of nitrogens with one attached hydrogen (secondary N) is 1. The van der Waals surface area contributed by atoms with Crippen molar-refractivity contribution in [2.75, 3.05) is 12.9 Å². The summed E-state index contributed by atoms with van der Waals surface area (Å²) in [5.74, 6) is -2.11. The van der Waals surface area contributed by atoms with Crippen LogP contribution in [0.4, 0.5) is 13.2 Å². The highest BCUT2D eigenvalue weighted by molar-refractivity contribution is 7.85. The van der Waals surface area contributed by atoms with Gasteiger partial charge in [0.1, 0.15) is 29.7 Å². The number of aromatic amines is 1. The topological polar surface area (TPSA) is 151 Å². The average Bonchev–Trinajstić information content (AvgIpc) is 3.33. The van der Waals surface area contributed by atoms with E-state index >= 15 is 0 Å². The highest BCUT2D eigenvalue weighted by atomic mass is 32.2. The van der Waals surface area contributed by atoms with Gasteiger partial charge in [0.2, 0.25) is 0 Å². The lowest BCUT2D eigenvalue weighted by molar-refractivity contribution is -0.136. The van der Waals surface area contributed by atoms with E-state index in [2.05, 4.69) is 9.98 Å². The third kappa shape index (κ3) is 5.39. The Bertz CT molecular complexity index is 1270. The molecule has 2 aromatic heterocycles. The van der Waals surface area contributed by atoms with E-state index in [0.717, 1.165) is 30.1 Å². The van der Waals surface area contributed by atoms with Gasteiger partial charge in [0.05, 0.1) is 17.3 Å². The molecular formula is C18H17F3N4O6S. The molecule has 1 amide bonds. The van der Waals surface area contributed by atoms with Gasteiger partial charge < -0.3 is 24.8 Å². The molecule has 3 aromatic rings. The summed E-state index contributed by atoms with van der Waals surface area (Å²) in [5, 5.41) is -0.335. The summed E-state index contributed by atoms with van der Waals surface area (Å²) in [4.78, 5) is 19.2. The molecule has 32 heavy (non-hydrogen) atoms. The lowest BCUT2D eigenvalue weighted by atomic mass is 10.1. The molecule has 0 unspecified atom stereocenters. The minimum absolute atomic E-state index is 0.0314. The van der Waals surface area contributed by atoms with Gasteiger partial charge in [0, 0.05) is 12.4 Å². The molecule has 0 saturated heterocycles. The second kappa shape index (κ2) is 8.55. The van der Waals surface area contributed by atoms with Gasteiger partial charge in [-0.2, -0.15) is 26.6 Å². The number of nitrogens with two attached hydrogens (primary N) is 1. The number of benzene rings is 1. The summed E-state index contributed by atoms with van der Waals surface area (Å²) in [7, 11) is -3.30. The van der Waals surface area contributed by atoms with Crippen molar-refractivity contribution in [2.24, 2.45) is 10.7 Å². The van der Waals surface area contributed by atoms with Crippen LogP contribution in [0.5, 0.6) is 5.75 Å². The van der Waals surface area contributed by atoms with E-state index in [1.165, 1.54) is 6.26 Å². The van der Waals surface area contributed by atoms with Crippen LogP contribution in [0.15, 0.2) is 46.0 Å². The summed E-state index contributed by atoms with van der Waals surface area (Å²) in [6, 6.07) is 6.11. The van der Waals surface area contributed by atoms with Crippen molar-refractivity contribution in [1.29, 1.82) is 0 Å². The van der Waals surface area contributed by atoms with Crippen molar-refractivity contribution in [2.45, 2.75) is 12.8 Å². The standard InChI is InChI=1S/C18H17F3N4O6S/c1-25(9-32(27,28)29)17(22)24-16(26)13-7-11-12(18(19,20)21)4-5-14(15(11)23-13)31-8-10-3-2-6-30-10/h2-7,23H,8-9H2,1H3,(H2,22,24,26)(H,27,28,29). The Labute approximate surface area is 179 Å². The van der Waals surface area contributed by atoms with Crippen LogP contribution in [0, 0.1) is 0 Å². The molecular weight excluding hydrogens is 457 g/mol. The van der Waals surface area contributed by atoms with Gasteiger partial charge in [-0.1, -0.05) is 0 Å². The van der Waals surface area contributed by atoms with Gasteiger partial charge in [0.25, 0.3) is 16.0 Å². The normalized spacial score (nSPS) is 12.8. The van der Waals surface area contributed by atoms with E-state index < -0.39 is 39.6 Å². The quantitative estimate of drug-likeness (QED) is 0.280. The number of ether oxygens (including phenoxy) is 1. The van der Waals surface area contributed by atoms with Gasteiger partial charge in [0.15, 0.2) is 5.96 Å². The zero-order valence-corrected chi connectivity index (χ0v) is 17.2. The Morgan fingerprint density at radius 3 is 2.66 bits per heavy atom. The lowest BCUT2D eigenvalue weighted by Gasteiger charge is -2.14. The fraction of sp³-hybridized carbons (Fsp3) is 0.222.